The Hall–Kier alpha value is -0.200. The van der Waals surface area contributed by atoms with Crippen molar-refractivity contribution in [2.75, 3.05) is 11.5 Å². The van der Waals surface area contributed by atoms with Gasteiger partial charge in [0.2, 0.25) is 0 Å². The number of hydrogen-bond donors (Lipinski definition) is 1. The zero-order chi connectivity index (χ0) is 8.10. The van der Waals surface area contributed by atoms with Crippen LogP contribution in [0, 0.1) is 17.2 Å². The number of rotatable bonds is 1. The van der Waals surface area contributed by atoms with Gasteiger partial charge < -0.3 is 5.73 Å². The van der Waals surface area contributed by atoms with Crippen LogP contribution in [0.3, 0.4) is 0 Å². The van der Waals surface area contributed by atoms with E-state index >= 15 is 0 Å². The Bertz CT molecular complexity index is 153. The molecule has 0 aromatic carbocycles. The van der Waals surface area contributed by atoms with E-state index in [1.807, 2.05) is 11.8 Å². The Morgan fingerprint density at radius 3 is 2.91 bits per heavy atom. The molecule has 0 aliphatic carbocycles. The van der Waals surface area contributed by atoms with Crippen LogP contribution in [0.15, 0.2) is 0 Å². The number of nitriles is 1. The summed E-state index contributed by atoms with van der Waals surface area (Å²) in [6, 6.07) is 2.47. The van der Waals surface area contributed by atoms with Crippen LogP contribution in [0.5, 0.6) is 0 Å². The van der Waals surface area contributed by atoms with E-state index in [0.717, 1.165) is 12.8 Å². The zero-order valence-electron chi connectivity index (χ0n) is 6.62. The van der Waals surface area contributed by atoms with Gasteiger partial charge in [-0.05, 0) is 30.3 Å². The van der Waals surface area contributed by atoms with Gasteiger partial charge in [-0.1, -0.05) is 0 Å². The fourth-order valence-electron chi connectivity index (χ4n) is 1.38. The largest absolute Gasteiger partial charge is 0.327 e. The van der Waals surface area contributed by atoms with Crippen LogP contribution in [0.2, 0.25) is 0 Å². The molecule has 2 nitrogen and oxygen atoms in total. The highest BCUT2D eigenvalue weighted by molar-refractivity contribution is 7.99. The van der Waals surface area contributed by atoms with Crippen LogP contribution < -0.4 is 5.73 Å². The maximum atomic E-state index is 8.52. The summed E-state index contributed by atoms with van der Waals surface area (Å²) < 4.78 is 0. The first-order valence-electron chi connectivity index (χ1n) is 4.05. The summed E-state index contributed by atoms with van der Waals surface area (Å²) in [5, 5.41) is 8.52. The molecule has 1 aliphatic rings. The van der Waals surface area contributed by atoms with Crippen molar-refractivity contribution in [2.24, 2.45) is 11.7 Å². The molecule has 0 bridgehead atoms. The lowest BCUT2D eigenvalue weighted by Gasteiger charge is -2.16. The van der Waals surface area contributed by atoms with Crippen LogP contribution in [0.1, 0.15) is 19.3 Å². The van der Waals surface area contributed by atoms with Crippen LogP contribution in [0.4, 0.5) is 0 Å². The van der Waals surface area contributed by atoms with Crippen molar-refractivity contribution in [1.82, 2.24) is 0 Å². The van der Waals surface area contributed by atoms with Crippen molar-refractivity contribution in [3.8, 4) is 6.07 Å². The van der Waals surface area contributed by atoms with Gasteiger partial charge in [0.15, 0.2) is 0 Å². The van der Waals surface area contributed by atoms with Gasteiger partial charge in [0.1, 0.15) is 0 Å². The molecule has 62 valence electrons. The summed E-state index contributed by atoms with van der Waals surface area (Å²) in [6.07, 6.45) is 2.85. The van der Waals surface area contributed by atoms with Gasteiger partial charge in [0.25, 0.3) is 0 Å². The molecule has 0 saturated carbocycles. The molecule has 1 fully saturated rings. The number of thioether (sulfide) groups is 1. The molecule has 11 heavy (non-hydrogen) atoms. The molecule has 0 aromatic heterocycles. The van der Waals surface area contributed by atoms with Gasteiger partial charge in [-0.2, -0.15) is 17.0 Å². The Labute approximate surface area is 72.1 Å². The average molecular weight is 170 g/mol. The lowest BCUT2D eigenvalue weighted by molar-refractivity contribution is 0.416. The second-order valence-electron chi connectivity index (χ2n) is 2.98. The minimum Gasteiger partial charge on any atom is -0.327 e. The second-order valence-corrected chi connectivity index (χ2v) is 4.20. The summed E-state index contributed by atoms with van der Waals surface area (Å²) >= 11 is 1.96. The van der Waals surface area contributed by atoms with Gasteiger partial charge in [-0.3, -0.25) is 0 Å². The second kappa shape index (κ2) is 4.63. The van der Waals surface area contributed by atoms with Crippen molar-refractivity contribution in [1.29, 1.82) is 5.26 Å². The van der Waals surface area contributed by atoms with E-state index in [2.05, 4.69) is 6.07 Å². The molecular formula is C8H14N2S. The maximum absolute atomic E-state index is 8.52. The topological polar surface area (TPSA) is 49.8 Å². The van der Waals surface area contributed by atoms with E-state index in [4.69, 9.17) is 11.0 Å². The lowest BCUT2D eigenvalue weighted by atomic mass is 9.93. The molecule has 0 amide bonds. The minimum absolute atomic E-state index is 0.268. The van der Waals surface area contributed by atoms with Crippen LogP contribution in [-0.4, -0.2) is 17.5 Å². The average Bonchev–Trinajstić information content (AvgIpc) is 2.18. The maximum Gasteiger partial charge on any atom is 0.0625 e. The zero-order valence-corrected chi connectivity index (χ0v) is 7.44. The Kier molecular flexibility index (Phi) is 3.74. The predicted octanol–water partition coefficient (Wildman–Crippen LogP) is 1.37. The van der Waals surface area contributed by atoms with Gasteiger partial charge >= 0.3 is 0 Å². The minimum atomic E-state index is 0.268. The molecule has 1 heterocycles. The third-order valence-corrected chi connectivity index (χ3v) is 3.24. The summed E-state index contributed by atoms with van der Waals surface area (Å²) in [5.41, 5.74) is 5.90. The lowest BCUT2D eigenvalue weighted by Crippen LogP contribution is -2.29. The number of nitrogens with zero attached hydrogens (tertiary/aromatic N) is 1. The molecule has 2 atom stereocenters. The normalized spacial score (nSPS) is 32.4. The third kappa shape index (κ3) is 2.72. The van der Waals surface area contributed by atoms with Crippen molar-refractivity contribution in [3.63, 3.8) is 0 Å². The highest BCUT2D eigenvalue weighted by Gasteiger charge is 2.19. The van der Waals surface area contributed by atoms with Crippen molar-refractivity contribution >= 4 is 11.8 Å². The summed E-state index contributed by atoms with van der Waals surface area (Å²) in [6.45, 7) is 0. The van der Waals surface area contributed by atoms with E-state index in [1.165, 1.54) is 11.5 Å². The SMILES string of the molecule is N#CC[C@H]1CCSCC[C@H]1N. The van der Waals surface area contributed by atoms with Crippen molar-refractivity contribution in [2.45, 2.75) is 25.3 Å². The summed E-state index contributed by atoms with van der Waals surface area (Å²) in [7, 11) is 0. The Morgan fingerprint density at radius 1 is 1.45 bits per heavy atom. The number of hydrogen-bond acceptors (Lipinski definition) is 3. The van der Waals surface area contributed by atoms with Gasteiger partial charge in [-0.25, -0.2) is 0 Å². The monoisotopic (exact) mass is 170 g/mol. The highest BCUT2D eigenvalue weighted by Crippen LogP contribution is 2.23. The Morgan fingerprint density at radius 2 is 2.18 bits per heavy atom. The quantitative estimate of drug-likeness (QED) is 0.646. The first kappa shape index (κ1) is 8.89. The van der Waals surface area contributed by atoms with Crippen LogP contribution in [-0.2, 0) is 0 Å². The molecule has 0 unspecified atom stereocenters. The van der Waals surface area contributed by atoms with Crippen LogP contribution >= 0.6 is 11.8 Å². The van der Waals surface area contributed by atoms with Gasteiger partial charge in [0, 0.05) is 12.5 Å². The molecule has 1 saturated heterocycles. The molecule has 0 aromatic rings. The fourth-order valence-corrected chi connectivity index (χ4v) is 2.49. The standard InChI is InChI=1S/C8H14N2S/c9-4-1-7-2-5-11-6-3-8(7)10/h7-8H,1-3,5-6,10H2/t7-,8+/m0/s1. The highest BCUT2D eigenvalue weighted by atomic mass is 32.2. The molecule has 2 N–H and O–H groups in total. The predicted molar refractivity (Wildman–Crippen MR) is 48.3 cm³/mol. The first-order valence-corrected chi connectivity index (χ1v) is 5.20. The Balaban J connectivity index is 2.40. The molecular weight excluding hydrogens is 156 g/mol. The summed E-state index contributed by atoms with van der Waals surface area (Å²) in [5.74, 6) is 2.80. The van der Waals surface area contributed by atoms with Gasteiger partial charge in [0.05, 0.1) is 6.07 Å². The van der Waals surface area contributed by atoms with Gasteiger partial charge in [-0.15, -0.1) is 0 Å². The third-order valence-electron chi connectivity index (χ3n) is 2.19. The first-order chi connectivity index (χ1) is 5.34. The van der Waals surface area contributed by atoms with Crippen molar-refractivity contribution in [3.05, 3.63) is 0 Å². The summed E-state index contributed by atoms with van der Waals surface area (Å²) in [4.78, 5) is 0. The fraction of sp³-hybridized carbons (Fsp3) is 0.875. The van der Waals surface area contributed by atoms with E-state index in [1.54, 1.807) is 0 Å². The van der Waals surface area contributed by atoms with E-state index in [9.17, 15) is 0 Å². The van der Waals surface area contributed by atoms with E-state index in [-0.39, 0.29) is 6.04 Å². The smallest absolute Gasteiger partial charge is 0.0625 e. The molecule has 0 spiro atoms. The molecule has 3 heteroatoms. The molecule has 0 radical (unpaired) electrons. The van der Waals surface area contributed by atoms with E-state index < -0.39 is 0 Å². The molecule has 1 aliphatic heterocycles. The van der Waals surface area contributed by atoms with E-state index in [0.29, 0.717) is 12.3 Å². The number of nitrogens with two attached hydrogens (primary N) is 1. The van der Waals surface area contributed by atoms with Crippen molar-refractivity contribution < 1.29 is 0 Å². The van der Waals surface area contributed by atoms with Crippen LogP contribution in [0.25, 0.3) is 0 Å². The molecule has 1 rings (SSSR count).